The zero-order valence-corrected chi connectivity index (χ0v) is 18.3. The molecule has 148 valence electrons. The third kappa shape index (κ3) is 3.35. The lowest BCUT2D eigenvalue weighted by molar-refractivity contribution is 0.401. The van der Waals surface area contributed by atoms with Gasteiger partial charge in [0.25, 0.3) is 5.56 Å². The lowest BCUT2D eigenvalue weighted by atomic mass is 9.99. The van der Waals surface area contributed by atoms with Gasteiger partial charge in [0, 0.05) is 18.6 Å². The normalized spacial score (nSPS) is 15.3. The van der Waals surface area contributed by atoms with E-state index in [0.717, 1.165) is 18.4 Å². The summed E-state index contributed by atoms with van der Waals surface area (Å²) in [6.07, 6.45) is 4.31. The van der Waals surface area contributed by atoms with Crippen LogP contribution in [0.25, 0.3) is 11.2 Å². The van der Waals surface area contributed by atoms with Crippen molar-refractivity contribution in [3.8, 4) is 0 Å². The zero-order chi connectivity index (χ0) is 20.1. The van der Waals surface area contributed by atoms with Crippen LogP contribution in [-0.2, 0) is 20.1 Å². The average molecular weight is 466 g/mol. The fraction of sp³-hybridized carbons (Fsp3) is 0.450. The summed E-state index contributed by atoms with van der Waals surface area (Å²) in [5.41, 5.74) is 1.54. The third-order valence-corrected chi connectivity index (χ3v) is 6.87. The van der Waals surface area contributed by atoms with Crippen LogP contribution < -0.4 is 11.2 Å². The summed E-state index contributed by atoms with van der Waals surface area (Å²) >= 11 is 9.43. The largest absolute Gasteiger partial charge is 0.332 e. The van der Waals surface area contributed by atoms with Gasteiger partial charge in [-0.1, -0.05) is 37.1 Å². The summed E-state index contributed by atoms with van der Waals surface area (Å²) < 4.78 is 5.16. The van der Waals surface area contributed by atoms with Crippen molar-refractivity contribution < 1.29 is 0 Å². The molecule has 1 aliphatic rings. The number of rotatable bonds is 6. The van der Waals surface area contributed by atoms with Gasteiger partial charge in [-0.05, 0) is 58.3 Å². The minimum Gasteiger partial charge on any atom is -0.308 e. The maximum absolute atomic E-state index is 13.3. The molecule has 2 heterocycles. The van der Waals surface area contributed by atoms with Crippen LogP contribution in [0.4, 0.5) is 0 Å². The van der Waals surface area contributed by atoms with Gasteiger partial charge in [-0.25, -0.2) is 9.78 Å². The minimum atomic E-state index is -0.312. The molecule has 8 heteroatoms. The second kappa shape index (κ2) is 7.19. The Bertz CT molecular complexity index is 1160. The van der Waals surface area contributed by atoms with E-state index in [4.69, 9.17) is 11.6 Å². The molecule has 1 aliphatic carbocycles. The Morgan fingerprint density at radius 3 is 2.46 bits per heavy atom. The molecule has 0 atom stereocenters. The number of imidazole rings is 1. The number of nitrogens with zero attached hydrogens (tertiary/aromatic N) is 4. The molecule has 0 radical (unpaired) electrons. The Morgan fingerprint density at radius 2 is 1.86 bits per heavy atom. The van der Waals surface area contributed by atoms with Crippen LogP contribution in [0, 0.1) is 5.41 Å². The van der Waals surface area contributed by atoms with Crippen LogP contribution in [-0.4, -0.2) is 18.7 Å². The second-order valence-electron chi connectivity index (χ2n) is 7.67. The minimum absolute atomic E-state index is 0.280. The molecular formula is C20H22BrClN4O2. The van der Waals surface area contributed by atoms with Crippen molar-refractivity contribution in [3.63, 3.8) is 0 Å². The average Bonchev–Trinajstić information content (AvgIpc) is 3.39. The van der Waals surface area contributed by atoms with Crippen molar-refractivity contribution in [2.75, 3.05) is 0 Å². The number of aromatic nitrogens is 4. The molecule has 3 aromatic rings. The van der Waals surface area contributed by atoms with Crippen LogP contribution in [0.5, 0.6) is 0 Å². The van der Waals surface area contributed by atoms with Gasteiger partial charge in [0.2, 0.25) is 0 Å². The molecule has 6 nitrogen and oxygen atoms in total. The molecule has 0 N–H and O–H groups in total. The molecule has 4 rings (SSSR count). The molecule has 0 amide bonds. The molecule has 2 aromatic heterocycles. The van der Waals surface area contributed by atoms with E-state index in [1.807, 2.05) is 28.8 Å². The van der Waals surface area contributed by atoms with Crippen molar-refractivity contribution >= 4 is 38.7 Å². The third-order valence-electron chi connectivity index (χ3n) is 6.01. The molecule has 28 heavy (non-hydrogen) atoms. The summed E-state index contributed by atoms with van der Waals surface area (Å²) in [7, 11) is 1.67. The molecule has 0 spiro atoms. The summed E-state index contributed by atoms with van der Waals surface area (Å²) in [6, 6.07) is 7.47. The van der Waals surface area contributed by atoms with Gasteiger partial charge in [-0.2, -0.15) is 0 Å². The summed E-state index contributed by atoms with van der Waals surface area (Å²) in [5.74, 6) is 0. The van der Waals surface area contributed by atoms with E-state index in [9.17, 15) is 9.59 Å². The van der Waals surface area contributed by atoms with Crippen LogP contribution in [0.2, 0.25) is 5.02 Å². The lowest BCUT2D eigenvalue weighted by Gasteiger charge is -2.14. The van der Waals surface area contributed by atoms with E-state index in [2.05, 4.69) is 27.8 Å². The lowest BCUT2D eigenvalue weighted by Crippen LogP contribution is -2.40. The van der Waals surface area contributed by atoms with Crippen molar-refractivity contribution in [1.82, 2.24) is 18.7 Å². The first-order valence-corrected chi connectivity index (χ1v) is 10.6. The summed E-state index contributed by atoms with van der Waals surface area (Å²) in [6.45, 7) is 3.08. The van der Waals surface area contributed by atoms with E-state index < -0.39 is 0 Å². The predicted molar refractivity (Wildman–Crippen MR) is 114 cm³/mol. The molecule has 1 saturated carbocycles. The van der Waals surface area contributed by atoms with Gasteiger partial charge >= 0.3 is 5.69 Å². The highest BCUT2D eigenvalue weighted by molar-refractivity contribution is 9.10. The molecular weight excluding hydrogens is 444 g/mol. The van der Waals surface area contributed by atoms with Gasteiger partial charge in [-0.15, -0.1) is 0 Å². The number of halogens is 2. The molecule has 0 aliphatic heterocycles. The van der Waals surface area contributed by atoms with Gasteiger partial charge < -0.3 is 4.57 Å². The Balaban J connectivity index is 1.80. The highest BCUT2D eigenvalue weighted by Crippen LogP contribution is 2.51. The fourth-order valence-corrected chi connectivity index (χ4v) is 4.36. The highest BCUT2D eigenvalue weighted by Gasteiger charge is 2.40. The van der Waals surface area contributed by atoms with E-state index in [1.165, 1.54) is 22.0 Å². The topological polar surface area (TPSA) is 61.8 Å². The van der Waals surface area contributed by atoms with Crippen molar-refractivity contribution in [3.05, 3.63) is 60.4 Å². The Kier molecular flexibility index (Phi) is 5.00. The Morgan fingerprint density at radius 1 is 1.18 bits per heavy atom. The molecule has 0 bridgehead atoms. The van der Waals surface area contributed by atoms with Crippen molar-refractivity contribution in [2.45, 2.75) is 45.7 Å². The molecule has 0 unspecified atom stereocenters. The van der Waals surface area contributed by atoms with Crippen LogP contribution in [0.1, 0.15) is 38.2 Å². The molecule has 1 fully saturated rings. The van der Waals surface area contributed by atoms with E-state index in [0.29, 0.717) is 39.4 Å². The number of hydrogen-bond acceptors (Lipinski definition) is 3. The molecule has 1 aromatic carbocycles. The quantitative estimate of drug-likeness (QED) is 0.518. The van der Waals surface area contributed by atoms with E-state index >= 15 is 0 Å². The number of benzene rings is 1. The van der Waals surface area contributed by atoms with Gasteiger partial charge in [0.05, 0.1) is 6.54 Å². The standard InChI is InChI=1S/C20H22BrClN4O2/c1-3-20(8-9-20)10-11-25-17(27)15-16(24(2)19(25)28)23-18(21)26(15)12-13-4-6-14(22)7-5-13/h4-7H,3,8-12H2,1-2H3. The summed E-state index contributed by atoms with van der Waals surface area (Å²) in [5, 5.41) is 0.660. The monoisotopic (exact) mass is 464 g/mol. The van der Waals surface area contributed by atoms with Crippen LogP contribution in [0.3, 0.4) is 0 Å². The van der Waals surface area contributed by atoms with Crippen molar-refractivity contribution in [1.29, 1.82) is 0 Å². The SMILES string of the molecule is CCC1(CCn2c(=O)c3c(nc(Br)n3Cc3ccc(Cl)cc3)n(C)c2=O)CC1. The first kappa shape index (κ1) is 19.5. The number of hydrogen-bond donors (Lipinski definition) is 0. The maximum Gasteiger partial charge on any atom is 0.332 e. The second-order valence-corrected chi connectivity index (χ2v) is 8.81. The van der Waals surface area contributed by atoms with Crippen molar-refractivity contribution in [2.24, 2.45) is 12.5 Å². The first-order valence-electron chi connectivity index (χ1n) is 9.45. The Labute approximate surface area is 175 Å². The predicted octanol–water partition coefficient (Wildman–Crippen LogP) is 3.94. The van der Waals surface area contributed by atoms with Gasteiger partial charge in [0.1, 0.15) is 0 Å². The van der Waals surface area contributed by atoms with Gasteiger partial charge in [0.15, 0.2) is 15.9 Å². The van der Waals surface area contributed by atoms with E-state index in [1.54, 1.807) is 7.05 Å². The smallest absolute Gasteiger partial charge is 0.308 e. The van der Waals surface area contributed by atoms with Gasteiger partial charge in [-0.3, -0.25) is 13.9 Å². The van der Waals surface area contributed by atoms with E-state index in [-0.39, 0.29) is 11.2 Å². The number of fused-ring (bicyclic) bond motifs is 1. The highest BCUT2D eigenvalue weighted by atomic mass is 79.9. The maximum atomic E-state index is 13.3. The summed E-state index contributed by atoms with van der Waals surface area (Å²) in [4.78, 5) is 30.5. The first-order chi connectivity index (χ1) is 13.3. The Hall–Kier alpha value is -1.86. The fourth-order valence-electron chi connectivity index (χ4n) is 3.76. The zero-order valence-electron chi connectivity index (χ0n) is 15.9. The van der Waals surface area contributed by atoms with Crippen LogP contribution >= 0.6 is 27.5 Å². The molecule has 0 saturated heterocycles. The van der Waals surface area contributed by atoms with Crippen LogP contribution in [0.15, 0.2) is 38.6 Å². The number of aryl methyl sites for hydroxylation is 1.